The zero-order chi connectivity index (χ0) is 22.5. The van der Waals surface area contributed by atoms with Crippen LogP contribution in [0.5, 0.6) is 11.5 Å². The standard InChI is InChI=1S/C25H27N3O3S/c1-4-12-27(15-18-10-11-22(30-2)23(13-18)31-3)16-20-14-24(29)28-21(17-32-25(28)26-20)19-8-6-5-7-9-19/h5-11,13-14,17H,4,12,15-16H2,1-3H3. The van der Waals surface area contributed by atoms with Gasteiger partial charge < -0.3 is 9.47 Å². The molecule has 2 aromatic carbocycles. The van der Waals surface area contributed by atoms with E-state index in [0.29, 0.717) is 23.0 Å². The molecule has 0 saturated heterocycles. The first-order valence-electron chi connectivity index (χ1n) is 10.6. The van der Waals surface area contributed by atoms with Crippen LogP contribution in [0.25, 0.3) is 16.2 Å². The third-order valence-electron chi connectivity index (χ3n) is 5.31. The molecule has 0 spiro atoms. The summed E-state index contributed by atoms with van der Waals surface area (Å²) in [5, 5.41) is 2.00. The van der Waals surface area contributed by atoms with Crippen molar-refractivity contribution in [3.8, 4) is 22.8 Å². The molecule has 0 radical (unpaired) electrons. The molecule has 0 bridgehead atoms. The van der Waals surface area contributed by atoms with Gasteiger partial charge in [-0.05, 0) is 36.2 Å². The number of nitrogens with zero attached hydrogens (tertiary/aromatic N) is 3. The maximum absolute atomic E-state index is 13.0. The maximum Gasteiger partial charge on any atom is 0.259 e. The molecule has 4 rings (SSSR count). The van der Waals surface area contributed by atoms with Gasteiger partial charge in [0.05, 0.1) is 25.6 Å². The van der Waals surface area contributed by atoms with Crippen molar-refractivity contribution in [3.63, 3.8) is 0 Å². The molecule has 0 amide bonds. The predicted molar refractivity (Wildman–Crippen MR) is 129 cm³/mol. The van der Waals surface area contributed by atoms with Gasteiger partial charge in [-0.3, -0.25) is 14.1 Å². The Morgan fingerprint density at radius 1 is 1.00 bits per heavy atom. The van der Waals surface area contributed by atoms with Crippen molar-refractivity contribution < 1.29 is 9.47 Å². The lowest BCUT2D eigenvalue weighted by Gasteiger charge is -2.22. The first kappa shape index (κ1) is 22.0. The van der Waals surface area contributed by atoms with E-state index in [1.54, 1.807) is 24.7 Å². The topological polar surface area (TPSA) is 56.1 Å². The van der Waals surface area contributed by atoms with Gasteiger partial charge in [0.2, 0.25) is 0 Å². The van der Waals surface area contributed by atoms with Crippen LogP contribution in [0.15, 0.2) is 64.8 Å². The van der Waals surface area contributed by atoms with Crippen molar-refractivity contribution in [1.29, 1.82) is 0 Å². The molecule has 0 atom stereocenters. The summed E-state index contributed by atoms with van der Waals surface area (Å²) in [6.45, 7) is 4.38. The molecule has 4 aromatic rings. The van der Waals surface area contributed by atoms with E-state index in [4.69, 9.17) is 14.5 Å². The second-order valence-electron chi connectivity index (χ2n) is 7.59. The fourth-order valence-electron chi connectivity index (χ4n) is 3.85. The van der Waals surface area contributed by atoms with E-state index in [9.17, 15) is 4.79 Å². The second-order valence-corrected chi connectivity index (χ2v) is 8.43. The van der Waals surface area contributed by atoms with Gasteiger partial charge in [-0.15, -0.1) is 11.3 Å². The molecule has 0 N–H and O–H groups in total. The SMILES string of the molecule is CCCN(Cc1ccc(OC)c(OC)c1)Cc1cc(=O)n2c(-c3ccccc3)csc2n1. The minimum atomic E-state index is -0.0485. The number of benzene rings is 2. The van der Waals surface area contributed by atoms with Crippen LogP contribution in [0.4, 0.5) is 0 Å². The van der Waals surface area contributed by atoms with Crippen LogP contribution in [-0.4, -0.2) is 35.0 Å². The van der Waals surface area contributed by atoms with E-state index in [1.807, 2.05) is 53.9 Å². The van der Waals surface area contributed by atoms with Crippen LogP contribution >= 0.6 is 11.3 Å². The van der Waals surface area contributed by atoms with Crippen LogP contribution < -0.4 is 15.0 Å². The summed E-state index contributed by atoms with van der Waals surface area (Å²) in [5.41, 5.74) is 3.75. The molecular weight excluding hydrogens is 422 g/mol. The fraction of sp³-hybridized carbons (Fsp3) is 0.280. The van der Waals surface area contributed by atoms with E-state index in [-0.39, 0.29) is 5.56 Å². The average molecular weight is 450 g/mol. The third-order valence-corrected chi connectivity index (χ3v) is 6.13. The van der Waals surface area contributed by atoms with Crippen molar-refractivity contribution >= 4 is 16.3 Å². The van der Waals surface area contributed by atoms with Gasteiger partial charge in [0.1, 0.15) is 0 Å². The molecule has 0 aliphatic carbocycles. The smallest absolute Gasteiger partial charge is 0.259 e. The summed E-state index contributed by atoms with van der Waals surface area (Å²) >= 11 is 1.49. The number of thiazole rings is 1. The van der Waals surface area contributed by atoms with Gasteiger partial charge in [0, 0.05) is 24.5 Å². The average Bonchev–Trinajstić information content (AvgIpc) is 3.24. The highest BCUT2D eigenvalue weighted by atomic mass is 32.1. The molecule has 2 aromatic heterocycles. The van der Waals surface area contributed by atoms with Crippen molar-refractivity contribution in [3.05, 3.63) is 81.6 Å². The Bertz CT molecular complexity index is 1250. The summed E-state index contributed by atoms with van der Waals surface area (Å²) in [5.74, 6) is 1.43. The summed E-state index contributed by atoms with van der Waals surface area (Å²) < 4.78 is 12.5. The highest BCUT2D eigenvalue weighted by molar-refractivity contribution is 7.15. The Labute approximate surface area is 191 Å². The Balaban J connectivity index is 1.60. The third kappa shape index (κ3) is 4.69. The van der Waals surface area contributed by atoms with Gasteiger partial charge in [-0.25, -0.2) is 4.98 Å². The molecule has 0 aliphatic rings. The number of hydrogen-bond donors (Lipinski definition) is 0. The van der Waals surface area contributed by atoms with Crippen LogP contribution in [-0.2, 0) is 13.1 Å². The highest BCUT2D eigenvalue weighted by Crippen LogP contribution is 2.28. The number of ether oxygens (including phenoxy) is 2. The second kappa shape index (κ2) is 9.97. The van der Waals surface area contributed by atoms with Gasteiger partial charge in [-0.2, -0.15) is 0 Å². The van der Waals surface area contributed by atoms with Crippen molar-refractivity contribution in [2.45, 2.75) is 26.4 Å². The fourth-order valence-corrected chi connectivity index (χ4v) is 4.77. The molecule has 32 heavy (non-hydrogen) atoms. The number of fused-ring (bicyclic) bond motifs is 1. The lowest BCUT2D eigenvalue weighted by molar-refractivity contribution is 0.253. The quantitative estimate of drug-likeness (QED) is 0.366. The molecule has 6 nitrogen and oxygen atoms in total. The van der Waals surface area contributed by atoms with Crippen molar-refractivity contribution in [2.24, 2.45) is 0 Å². The van der Waals surface area contributed by atoms with E-state index in [0.717, 1.165) is 42.0 Å². The molecule has 166 valence electrons. The van der Waals surface area contributed by atoms with Crippen LogP contribution in [0.3, 0.4) is 0 Å². The predicted octanol–water partition coefficient (Wildman–Crippen LogP) is 4.85. The Morgan fingerprint density at radius 2 is 1.78 bits per heavy atom. The normalized spacial score (nSPS) is 11.2. The number of hydrogen-bond acceptors (Lipinski definition) is 6. The van der Waals surface area contributed by atoms with Crippen LogP contribution in [0.2, 0.25) is 0 Å². The molecule has 7 heteroatoms. The van der Waals surface area contributed by atoms with Gasteiger partial charge >= 0.3 is 0 Å². The first-order chi connectivity index (χ1) is 15.6. The number of aromatic nitrogens is 2. The van der Waals surface area contributed by atoms with E-state index in [1.165, 1.54) is 11.3 Å². The molecule has 2 heterocycles. The van der Waals surface area contributed by atoms with E-state index in [2.05, 4.69) is 11.8 Å². The summed E-state index contributed by atoms with van der Waals surface area (Å²) in [7, 11) is 3.28. The lowest BCUT2D eigenvalue weighted by atomic mass is 10.1. The first-order valence-corrected chi connectivity index (χ1v) is 11.5. The van der Waals surface area contributed by atoms with Crippen LogP contribution in [0, 0.1) is 0 Å². The Morgan fingerprint density at radius 3 is 2.50 bits per heavy atom. The van der Waals surface area contributed by atoms with E-state index < -0.39 is 0 Å². The molecule has 0 fully saturated rings. The van der Waals surface area contributed by atoms with Crippen molar-refractivity contribution in [2.75, 3.05) is 20.8 Å². The zero-order valence-corrected chi connectivity index (χ0v) is 19.4. The van der Waals surface area contributed by atoms with Crippen LogP contribution in [0.1, 0.15) is 24.6 Å². The lowest BCUT2D eigenvalue weighted by Crippen LogP contribution is -2.26. The summed E-state index contributed by atoms with van der Waals surface area (Å²) in [6, 6.07) is 17.6. The van der Waals surface area contributed by atoms with Gasteiger partial charge in [-0.1, -0.05) is 43.3 Å². The highest BCUT2D eigenvalue weighted by Gasteiger charge is 2.14. The number of methoxy groups -OCH3 is 2. The largest absolute Gasteiger partial charge is 0.493 e. The molecule has 0 saturated carbocycles. The zero-order valence-electron chi connectivity index (χ0n) is 18.6. The molecule has 0 unspecified atom stereocenters. The van der Waals surface area contributed by atoms with Crippen molar-refractivity contribution in [1.82, 2.24) is 14.3 Å². The summed E-state index contributed by atoms with van der Waals surface area (Å²) in [4.78, 5) is 20.8. The Kier molecular flexibility index (Phi) is 6.87. The minimum absolute atomic E-state index is 0.0485. The monoisotopic (exact) mass is 449 g/mol. The number of rotatable bonds is 9. The maximum atomic E-state index is 13.0. The summed E-state index contributed by atoms with van der Waals surface area (Å²) in [6.07, 6.45) is 1.01. The Hall–Kier alpha value is -3.16. The van der Waals surface area contributed by atoms with Gasteiger partial charge in [0.25, 0.3) is 5.56 Å². The van der Waals surface area contributed by atoms with E-state index >= 15 is 0 Å². The minimum Gasteiger partial charge on any atom is -0.493 e. The van der Waals surface area contributed by atoms with Gasteiger partial charge in [0.15, 0.2) is 16.5 Å². The molecule has 0 aliphatic heterocycles. The molecular formula is C25H27N3O3S.